The fourth-order valence-electron chi connectivity index (χ4n) is 2.61. The SMILES string of the molecule is NC(=O)c1cnn2c1nc(Nc1ccccc1Cl)c1ccccc12. The molecule has 1 amide bonds. The molecule has 118 valence electrons. The summed E-state index contributed by atoms with van der Waals surface area (Å²) in [4.78, 5) is 16.2. The summed E-state index contributed by atoms with van der Waals surface area (Å²) in [5.74, 6) is 0.00525. The second kappa shape index (κ2) is 5.50. The Morgan fingerprint density at radius 3 is 2.67 bits per heavy atom. The Hall–Kier alpha value is -3.12. The van der Waals surface area contributed by atoms with Crippen molar-refractivity contribution in [2.24, 2.45) is 5.73 Å². The van der Waals surface area contributed by atoms with Gasteiger partial charge < -0.3 is 11.1 Å². The van der Waals surface area contributed by atoms with Crippen molar-refractivity contribution >= 4 is 45.6 Å². The number of nitrogens with one attached hydrogen (secondary N) is 1. The summed E-state index contributed by atoms with van der Waals surface area (Å²) in [7, 11) is 0. The monoisotopic (exact) mass is 337 g/mol. The summed E-state index contributed by atoms with van der Waals surface area (Å²) in [5, 5.41) is 8.89. The van der Waals surface area contributed by atoms with E-state index in [9.17, 15) is 4.79 Å². The molecule has 0 saturated carbocycles. The Morgan fingerprint density at radius 1 is 1.12 bits per heavy atom. The third-order valence-electron chi connectivity index (χ3n) is 3.74. The average Bonchev–Trinajstić information content (AvgIpc) is 3.01. The predicted molar refractivity (Wildman–Crippen MR) is 93.7 cm³/mol. The lowest BCUT2D eigenvalue weighted by molar-refractivity contribution is 0.100. The zero-order valence-electron chi connectivity index (χ0n) is 12.4. The number of hydrogen-bond acceptors (Lipinski definition) is 4. The minimum Gasteiger partial charge on any atom is -0.365 e. The molecule has 7 heteroatoms. The van der Waals surface area contributed by atoms with Crippen molar-refractivity contribution in [2.45, 2.75) is 0 Å². The molecule has 3 N–H and O–H groups in total. The maximum absolute atomic E-state index is 11.6. The van der Waals surface area contributed by atoms with E-state index in [4.69, 9.17) is 17.3 Å². The second-order valence-corrected chi connectivity index (χ2v) is 5.65. The lowest BCUT2D eigenvalue weighted by Gasteiger charge is -2.11. The number of rotatable bonds is 3. The van der Waals surface area contributed by atoms with Crippen molar-refractivity contribution in [3.05, 3.63) is 65.3 Å². The molecule has 2 aromatic heterocycles. The largest absolute Gasteiger partial charge is 0.365 e. The van der Waals surface area contributed by atoms with Gasteiger partial charge >= 0.3 is 0 Å². The van der Waals surface area contributed by atoms with Crippen LogP contribution in [0.3, 0.4) is 0 Å². The third kappa shape index (κ3) is 2.24. The summed E-state index contributed by atoms with van der Waals surface area (Å²) in [5.41, 5.74) is 7.62. The molecule has 0 saturated heterocycles. The number of nitrogens with two attached hydrogens (primary N) is 1. The second-order valence-electron chi connectivity index (χ2n) is 5.24. The lowest BCUT2D eigenvalue weighted by Crippen LogP contribution is -2.11. The Bertz CT molecular complexity index is 1090. The number of para-hydroxylation sites is 2. The van der Waals surface area contributed by atoms with Crippen molar-refractivity contribution in [1.82, 2.24) is 14.6 Å². The van der Waals surface area contributed by atoms with Crippen LogP contribution in [-0.4, -0.2) is 20.5 Å². The molecule has 0 spiro atoms. The highest BCUT2D eigenvalue weighted by Crippen LogP contribution is 2.29. The fraction of sp³-hybridized carbons (Fsp3) is 0. The molecule has 0 fully saturated rings. The van der Waals surface area contributed by atoms with E-state index in [-0.39, 0.29) is 5.56 Å². The molecule has 4 rings (SSSR count). The molecule has 0 aliphatic rings. The van der Waals surface area contributed by atoms with Gasteiger partial charge in [0.15, 0.2) is 5.65 Å². The maximum atomic E-state index is 11.6. The number of benzene rings is 2. The van der Waals surface area contributed by atoms with E-state index in [1.54, 1.807) is 10.6 Å². The first-order chi connectivity index (χ1) is 11.6. The van der Waals surface area contributed by atoms with Crippen LogP contribution in [0.1, 0.15) is 10.4 Å². The van der Waals surface area contributed by atoms with E-state index in [0.29, 0.717) is 16.5 Å². The normalized spacial score (nSPS) is 11.0. The number of amides is 1. The van der Waals surface area contributed by atoms with E-state index in [2.05, 4.69) is 15.4 Å². The Labute approximate surface area is 141 Å². The summed E-state index contributed by atoms with van der Waals surface area (Å²) in [6.45, 7) is 0. The van der Waals surface area contributed by atoms with E-state index >= 15 is 0 Å². The fourth-order valence-corrected chi connectivity index (χ4v) is 2.79. The minimum atomic E-state index is -0.573. The van der Waals surface area contributed by atoms with Gasteiger partial charge in [0, 0.05) is 5.39 Å². The predicted octanol–water partition coefficient (Wildman–Crippen LogP) is 3.38. The van der Waals surface area contributed by atoms with Gasteiger partial charge in [0.2, 0.25) is 0 Å². The van der Waals surface area contributed by atoms with Crippen molar-refractivity contribution in [2.75, 3.05) is 5.32 Å². The van der Waals surface area contributed by atoms with Gasteiger partial charge in [-0.05, 0) is 24.3 Å². The van der Waals surface area contributed by atoms with Gasteiger partial charge in [-0.25, -0.2) is 9.50 Å². The first kappa shape index (κ1) is 14.5. The number of carbonyl (C=O) groups is 1. The van der Waals surface area contributed by atoms with Crippen LogP contribution >= 0.6 is 11.6 Å². The molecule has 6 nitrogen and oxygen atoms in total. The number of halogens is 1. The molecule has 4 aromatic rings. The molecular weight excluding hydrogens is 326 g/mol. The zero-order valence-corrected chi connectivity index (χ0v) is 13.2. The van der Waals surface area contributed by atoms with Crippen molar-refractivity contribution in [3.63, 3.8) is 0 Å². The summed E-state index contributed by atoms with van der Waals surface area (Å²) < 4.78 is 1.60. The number of nitrogens with zero attached hydrogens (tertiary/aromatic N) is 3. The standard InChI is InChI=1S/C17H12ClN5O/c18-12-6-2-3-7-13(12)21-16-10-5-1-4-8-14(10)23-17(22-16)11(9-20-23)15(19)24/h1-9H,(H2,19,24)(H,21,22). The summed E-state index contributed by atoms with van der Waals surface area (Å²) in [6.07, 6.45) is 1.43. The van der Waals surface area contributed by atoms with Crippen LogP contribution in [-0.2, 0) is 0 Å². The summed E-state index contributed by atoms with van der Waals surface area (Å²) >= 11 is 6.22. The highest BCUT2D eigenvalue weighted by Gasteiger charge is 2.16. The van der Waals surface area contributed by atoms with Gasteiger partial charge in [0.25, 0.3) is 5.91 Å². The maximum Gasteiger partial charge on any atom is 0.254 e. The van der Waals surface area contributed by atoms with E-state index < -0.39 is 5.91 Å². The van der Waals surface area contributed by atoms with Gasteiger partial charge in [-0.2, -0.15) is 5.10 Å². The van der Waals surface area contributed by atoms with Crippen LogP contribution < -0.4 is 11.1 Å². The van der Waals surface area contributed by atoms with Crippen molar-refractivity contribution in [3.8, 4) is 0 Å². The van der Waals surface area contributed by atoms with E-state index in [1.807, 2.05) is 42.5 Å². The van der Waals surface area contributed by atoms with E-state index in [0.717, 1.165) is 16.6 Å². The van der Waals surface area contributed by atoms with Crippen molar-refractivity contribution in [1.29, 1.82) is 0 Å². The van der Waals surface area contributed by atoms with Gasteiger partial charge in [0.1, 0.15) is 11.4 Å². The molecule has 0 radical (unpaired) electrons. The van der Waals surface area contributed by atoms with Gasteiger partial charge in [-0.15, -0.1) is 0 Å². The molecule has 0 unspecified atom stereocenters. The Balaban J connectivity index is 2.00. The molecule has 0 aliphatic carbocycles. The molecule has 2 heterocycles. The first-order valence-corrected chi connectivity index (χ1v) is 7.61. The highest BCUT2D eigenvalue weighted by molar-refractivity contribution is 6.33. The minimum absolute atomic E-state index is 0.267. The molecule has 2 aromatic carbocycles. The Kier molecular flexibility index (Phi) is 3.32. The smallest absolute Gasteiger partial charge is 0.254 e. The van der Waals surface area contributed by atoms with Crippen LogP contribution in [0.15, 0.2) is 54.7 Å². The molecule has 0 aliphatic heterocycles. The van der Waals surface area contributed by atoms with Gasteiger partial charge in [-0.1, -0.05) is 35.9 Å². The number of aromatic nitrogens is 3. The van der Waals surface area contributed by atoms with E-state index in [1.165, 1.54) is 6.20 Å². The third-order valence-corrected chi connectivity index (χ3v) is 4.07. The number of anilines is 2. The van der Waals surface area contributed by atoms with Gasteiger partial charge in [0.05, 0.1) is 22.4 Å². The molecule has 24 heavy (non-hydrogen) atoms. The number of fused-ring (bicyclic) bond motifs is 3. The highest BCUT2D eigenvalue weighted by atomic mass is 35.5. The first-order valence-electron chi connectivity index (χ1n) is 7.23. The quantitative estimate of drug-likeness (QED) is 0.600. The van der Waals surface area contributed by atoms with Crippen LogP contribution in [0, 0.1) is 0 Å². The summed E-state index contributed by atoms with van der Waals surface area (Å²) in [6, 6.07) is 15.0. The lowest BCUT2D eigenvalue weighted by atomic mass is 10.2. The van der Waals surface area contributed by atoms with Crippen LogP contribution in [0.25, 0.3) is 16.6 Å². The zero-order chi connectivity index (χ0) is 16.7. The topological polar surface area (TPSA) is 85.3 Å². The van der Waals surface area contributed by atoms with Crippen LogP contribution in [0.5, 0.6) is 0 Å². The van der Waals surface area contributed by atoms with Crippen LogP contribution in [0.2, 0.25) is 5.02 Å². The van der Waals surface area contributed by atoms with Crippen LogP contribution in [0.4, 0.5) is 11.5 Å². The Morgan fingerprint density at radius 2 is 1.88 bits per heavy atom. The van der Waals surface area contributed by atoms with Crippen molar-refractivity contribution < 1.29 is 4.79 Å². The van der Waals surface area contributed by atoms with Gasteiger partial charge in [-0.3, -0.25) is 4.79 Å². The molecular formula is C17H12ClN5O. The molecule has 0 bridgehead atoms. The average molecular weight is 338 g/mol. The molecule has 0 atom stereocenters. The number of carbonyl (C=O) groups excluding carboxylic acids is 1. The number of primary amides is 1. The number of hydrogen-bond donors (Lipinski definition) is 2.